The van der Waals surface area contributed by atoms with Crippen LogP contribution in [0.25, 0.3) is 0 Å². The Bertz CT molecular complexity index is 720. The van der Waals surface area contributed by atoms with Crippen molar-refractivity contribution in [2.45, 2.75) is 25.2 Å². The molecule has 5 nitrogen and oxygen atoms in total. The van der Waals surface area contributed by atoms with Gasteiger partial charge in [0, 0.05) is 5.92 Å². The van der Waals surface area contributed by atoms with Gasteiger partial charge in [-0.15, -0.1) is 0 Å². The summed E-state index contributed by atoms with van der Waals surface area (Å²) in [5, 5.41) is 8.83. The second-order valence-corrected chi connectivity index (χ2v) is 7.09. The number of amides is 1. The summed E-state index contributed by atoms with van der Waals surface area (Å²) in [5.74, 6) is -1.94. The van der Waals surface area contributed by atoms with Gasteiger partial charge in [-0.25, -0.2) is 17.5 Å². The minimum absolute atomic E-state index is 0.223. The number of carbonyl (C=O) groups is 1. The standard InChI is InChI=1S/C13H13FN2O3S/c1-13(2)6-9(13)12(17)16-20(18,19)11-5-3-4-10(14)8(11)7-15/h3-5,9H,6H2,1-2H3,(H,16,17)/t9-/m1/s1. The lowest BCUT2D eigenvalue weighted by molar-refractivity contribution is -0.121. The van der Waals surface area contributed by atoms with Gasteiger partial charge < -0.3 is 0 Å². The molecule has 1 aromatic rings. The van der Waals surface area contributed by atoms with E-state index in [-0.39, 0.29) is 11.3 Å². The van der Waals surface area contributed by atoms with E-state index in [1.165, 1.54) is 12.1 Å². The van der Waals surface area contributed by atoms with Crippen LogP contribution in [0.4, 0.5) is 4.39 Å². The van der Waals surface area contributed by atoms with E-state index in [2.05, 4.69) is 0 Å². The Labute approximate surface area is 116 Å². The van der Waals surface area contributed by atoms with Crippen LogP contribution in [0.3, 0.4) is 0 Å². The maximum absolute atomic E-state index is 13.4. The van der Waals surface area contributed by atoms with Gasteiger partial charge in [-0.3, -0.25) is 4.79 Å². The Morgan fingerprint density at radius 3 is 2.60 bits per heavy atom. The highest BCUT2D eigenvalue weighted by Crippen LogP contribution is 2.51. The molecule has 1 aromatic carbocycles. The van der Waals surface area contributed by atoms with Crippen LogP contribution in [0.5, 0.6) is 0 Å². The highest BCUT2D eigenvalue weighted by Gasteiger charge is 2.51. The molecule has 1 N–H and O–H groups in total. The molecule has 0 spiro atoms. The van der Waals surface area contributed by atoms with E-state index in [1.54, 1.807) is 0 Å². The molecule has 7 heteroatoms. The lowest BCUT2D eigenvalue weighted by Crippen LogP contribution is -2.33. The van der Waals surface area contributed by atoms with E-state index in [1.807, 2.05) is 18.6 Å². The third-order valence-corrected chi connectivity index (χ3v) is 4.83. The minimum atomic E-state index is -4.24. The van der Waals surface area contributed by atoms with Crippen molar-refractivity contribution < 1.29 is 17.6 Å². The van der Waals surface area contributed by atoms with Crippen LogP contribution in [0.15, 0.2) is 23.1 Å². The Hall–Kier alpha value is -1.94. The largest absolute Gasteiger partial charge is 0.274 e. The third kappa shape index (κ3) is 2.51. The van der Waals surface area contributed by atoms with Crippen molar-refractivity contribution in [1.82, 2.24) is 4.72 Å². The van der Waals surface area contributed by atoms with Crippen molar-refractivity contribution in [2.75, 3.05) is 0 Å². The Morgan fingerprint density at radius 2 is 2.10 bits per heavy atom. The van der Waals surface area contributed by atoms with Gasteiger partial charge in [0.1, 0.15) is 22.3 Å². The first kappa shape index (κ1) is 14.5. The normalized spacial score (nSPS) is 20.0. The second kappa shape index (κ2) is 4.56. The predicted octanol–water partition coefficient (Wildman–Crippen LogP) is 1.55. The first-order valence-corrected chi connectivity index (χ1v) is 7.42. The third-order valence-electron chi connectivity index (χ3n) is 3.44. The molecule has 0 radical (unpaired) electrons. The fourth-order valence-corrected chi connectivity index (χ4v) is 3.20. The van der Waals surface area contributed by atoms with E-state index in [4.69, 9.17) is 5.26 Å². The average molecular weight is 296 g/mol. The van der Waals surface area contributed by atoms with Crippen molar-refractivity contribution in [1.29, 1.82) is 5.26 Å². The first-order valence-electron chi connectivity index (χ1n) is 5.94. The molecule has 2 rings (SSSR count). The smallest absolute Gasteiger partial charge is 0.265 e. The Kier molecular flexibility index (Phi) is 3.30. The number of nitrogens with one attached hydrogen (secondary N) is 1. The fourth-order valence-electron chi connectivity index (χ4n) is 2.01. The molecule has 20 heavy (non-hydrogen) atoms. The number of sulfonamides is 1. The second-order valence-electron chi connectivity index (χ2n) is 5.44. The van der Waals surface area contributed by atoms with Gasteiger partial charge in [-0.2, -0.15) is 5.26 Å². The number of nitrogens with zero attached hydrogens (tertiary/aromatic N) is 1. The van der Waals surface area contributed by atoms with E-state index in [9.17, 15) is 17.6 Å². The zero-order valence-corrected chi connectivity index (χ0v) is 11.8. The number of rotatable bonds is 3. The molecule has 0 aliphatic heterocycles. The number of halogens is 1. The summed E-state index contributed by atoms with van der Waals surface area (Å²) in [5.41, 5.74) is -0.817. The van der Waals surface area contributed by atoms with Crippen molar-refractivity contribution in [3.8, 4) is 6.07 Å². The maximum atomic E-state index is 13.4. The number of hydrogen-bond acceptors (Lipinski definition) is 4. The van der Waals surface area contributed by atoms with Crippen molar-refractivity contribution in [3.05, 3.63) is 29.6 Å². The first-order chi connectivity index (χ1) is 9.19. The molecule has 1 amide bonds. The molecule has 0 bridgehead atoms. The highest BCUT2D eigenvalue weighted by molar-refractivity contribution is 7.90. The summed E-state index contributed by atoms with van der Waals surface area (Å²) in [4.78, 5) is 11.3. The summed E-state index contributed by atoms with van der Waals surface area (Å²) in [6.07, 6.45) is 0.600. The average Bonchev–Trinajstić information content (AvgIpc) is 2.98. The van der Waals surface area contributed by atoms with E-state index in [0.29, 0.717) is 6.42 Å². The molecular formula is C13H13FN2O3S. The molecule has 1 aliphatic carbocycles. The highest BCUT2D eigenvalue weighted by atomic mass is 32.2. The van der Waals surface area contributed by atoms with Crippen LogP contribution < -0.4 is 4.72 Å². The van der Waals surface area contributed by atoms with Gasteiger partial charge >= 0.3 is 0 Å². The fraction of sp³-hybridized carbons (Fsp3) is 0.385. The molecule has 0 saturated heterocycles. The van der Waals surface area contributed by atoms with Crippen LogP contribution >= 0.6 is 0 Å². The van der Waals surface area contributed by atoms with Crippen LogP contribution in [-0.2, 0) is 14.8 Å². The molecular weight excluding hydrogens is 283 g/mol. The van der Waals surface area contributed by atoms with Crippen LogP contribution in [-0.4, -0.2) is 14.3 Å². The predicted molar refractivity (Wildman–Crippen MR) is 68.3 cm³/mol. The van der Waals surface area contributed by atoms with Gasteiger partial charge in [0.25, 0.3) is 10.0 Å². The number of carbonyl (C=O) groups excluding carboxylic acids is 1. The van der Waals surface area contributed by atoms with Crippen LogP contribution in [0.2, 0.25) is 0 Å². The summed E-state index contributed by atoms with van der Waals surface area (Å²) < 4.78 is 39.5. The summed E-state index contributed by atoms with van der Waals surface area (Å²) in [6.45, 7) is 3.71. The van der Waals surface area contributed by atoms with E-state index >= 15 is 0 Å². The zero-order valence-electron chi connectivity index (χ0n) is 11.0. The van der Waals surface area contributed by atoms with Gasteiger partial charge in [-0.1, -0.05) is 19.9 Å². The van der Waals surface area contributed by atoms with Crippen molar-refractivity contribution >= 4 is 15.9 Å². The van der Waals surface area contributed by atoms with Gasteiger partial charge in [0.2, 0.25) is 5.91 Å². The number of benzene rings is 1. The van der Waals surface area contributed by atoms with Gasteiger partial charge in [0.15, 0.2) is 0 Å². The topological polar surface area (TPSA) is 87.0 Å². The lowest BCUT2D eigenvalue weighted by Gasteiger charge is -2.09. The maximum Gasteiger partial charge on any atom is 0.265 e. The molecule has 1 atom stereocenters. The zero-order chi connectivity index (χ0) is 15.1. The summed E-state index contributed by atoms with van der Waals surface area (Å²) in [6, 6.07) is 4.76. The van der Waals surface area contributed by atoms with Crippen LogP contribution in [0, 0.1) is 28.5 Å². The quantitative estimate of drug-likeness (QED) is 0.916. The Morgan fingerprint density at radius 1 is 1.50 bits per heavy atom. The molecule has 0 aromatic heterocycles. The molecule has 0 heterocycles. The minimum Gasteiger partial charge on any atom is -0.274 e. The molecule has 1 aliphatic rings. The Balaban J connectivity index is 2.31. The molecule has 1 fully saturated rings. The number of nitriles is 1. The van der Waals surface area contributed by atoms with E-state index in [0.717, 1.165) is 12.1 Å². The van der Waals surface area contributed by atoms with Gasteiger partial charge in [0.05, 0.1) is 0 Å². The lowest BCUT2D eigenvalue weighted by atomic mass is 10.1. The van der Waals surface area contributed by atoms with E-state index < -0.39 is 32.2 Å². The monoisotopic (exact) mass is 296 g/mol. The SMILES string of the molecule is CC1(C)C[C@@H]1C(=O)NS(=O)(=O)c1cccc(F)c1C#N. The van der Waals surface area contributed by atoms with Crippen molar-refractivity contribution in [2.24, 2.45) is 11.3 Å². The molecule has 1 saturated carbocycles. The van der Waals surface area contributed by atoms with Gasteiger partial charge in [-0.05, 0) is 24.0 Å². The summed E-state index contributed by atoms with van der Waals surface area (Å²) >= 11 is 0. The van der Waals surface area contributed by atoms with Crippen molar-refractivity contribution in [3.63, 3.8) is 0 Å². The molecule has 0 unspecified atom stereocenters. The molecule has 106 valence electrons. The number of hydrogen-bond donors (Lipinski definition) is 1. The van der Waals surface area contributed by atoms with Crippen LogP contribution in [0.1, 0.15) is 25.8 Å². The summed E-state index contributed by atoms with van der Waals surface area (Å²) in [7, 11) is -4.24.